The lowest BCUT2D eigenvalue weighted by Crippen LogP contribution is -2.01. The van der Waals surface area contributed by atoms with E-state index in [4.69, 9.17) is 4.84 Å². The summed E-state index contributed by atoms with van der Waals surface area (Å²) in [4.78, 5) is 9.99. The SMILES string of the molecule is CON=C(c1cccnc1)c1cccs1. The Labute approximate surface area is 92.0 Å². The van der Waals surface area contributed by atoms with Crippen molar-refractivity contribution in [3.63, 3.8) is 0 Å². The van der Waals surface area contributed by atoms with Crippen LogP contribution in [-0.4, -0.2) is 17.8 Å². The van der Waals surface area contributed by atoms with Gasteiger partial charge >= 0.3 is 0 Å². The van der Waals surface area contributed by atoms with Gasteiger partial charge < -0.3 is 4.84 Å². The molecule has 3 nitrogen and oxygen atoms in total. The highest BCUT2D eigenvalue weighted by molar-refractivity contribution is 7.12. The van der Waals surface area contributed by atoms with Crippen LogP contribution in [0.5, 0.6) is 0 Å². The summed E-state index contributed by atoms with van der Waals surface area (Å²) < 4.78 is 0. The van der Waals surface area contributed by atoms with Crippen molar-refractivity contribution in [3.8, 4) is 0 Å². The summed E-state index contributed by atoms with van der Waals surface area (Å²) in [6, 6.07) is 7.84. The molecule has 0 aliphatic heterocycles. The van der Waals surface area contributed by atoms with Crippen molar-refractivity contribution in [3.05, 3.63) is 52.5 Å². The lowest BCUT2D eigenvalue weighted by molar-refractivity contribution is 0.214. The molecule has 0 aromatic carbocycles. The van der Waals surface area contributed by atoms with Gasteiger partial charge in [0.2, 0.25) is 0 Å². The van der Waals surface area contributed by atoms with Crippen LogP contribution in [0.25, 0.3) is 0 Å². The summed E-state index contributed by atoms with van der Waals surface area (Å²) in [7, 11) is 1.55. The van der Waals surface area contributed by atoms with Crippen LogP contribution in [0.1, 0.15) is 10.4 Å². The summed E-state index contributed by atoms with van der Waals surface area (Å²) in [5.41, 5.74) is 1.78. The van der Waals surface area contributed by atoms with Gasteiger partial charge in [0.15, 0.2) is 0 Å². The fourth-order valence-electron chi connectivity index (χ4n) is 1.25. The largest absolute Gasteiger partial charge is 0.399 e. The molecule has 15 heavy (non-hydrogen) atoms. The first kappa shape index (κ1) is 9.86. The molecule has 0 amide bonds. The number of nitrogens with zero attached hydrogens (tertiary/aromatic N) is 2. The third-order valence-electron chi connectivity index (χ3n) is 1.87. The van der Waals surface area contributed by atoms with Crippen LogP contribution < -0.4 is 0 Å². The molecule has 0 fully saturated rings. The van der Waals surface area contributed by atoms with Gasteiger partial charge in [-0.15, -0.1) is 11.3 Å². The summed E-state index contributed by atoms with van der Waals surface area (Å²) in [6.45, 7) is 0. The van der Waals surface area contributed by atoms with Gasteiger partial charge in [-0.3, -0.25) is 4.98 Å². The van der Waals surface area contributed by atoms with Crippen molar-refractivity contribution in [2.45, 2.75) is 0 Å². The molecule has 0 radical (unpaired) electrons. The van der Waals surface area contributed by atoms with Crippen LogP contribution in [0.4, 0.5) is 0 Å². The van der Waals surface area contributed by atoms with Gasteiger partial charge in [0.25, 0.3) is 0 Å². The first-order valence-corrected chi connectivity index (χ1v) is 5.35. The highest BCUT2D eigenvalue weighted by atomic mass is 32.1. The summed E-state index contributed by atoms with van der Waals surface area (Å²) >= 11 is 1.63. The normalized spacial score (nSPS) is 11.4. The van der Waals surface area contributed by atoms with Crippen LogP contribution in [0.3, 0.4) is 0 Å². The summed E-state index contributed by atoms with van der Waals surface area (Å²) in [6.07, 6.45) is 3.51. The minimum absolute atomic E-state index is 0.820. The van der Waals surface area contributed by atoms with Crippen LogP contribution in [0.15, 0.2) is 47.2 Å². The molecule has 0 aliphatic rings. The molecular weight excluding hydrogens is 208 g/mol. The quantitative estimate of drug-likeness (QED) is 0.586. The first-order chi connectivity index (χ1) is 7.42. The molecule has 0 saturated carbocycles. The number of hydrogen-bond donors (Lipinski definition) is 0. The molecule has 76 valence electrons. The van der Waals surface area contributed by atoms with E-state index >= 15 is 0 Å². The third kappa shape index (κ3) is 2.22. The monoisotopic (exact) mass is 218 g/mol. The zero-order chi connectivity index (χ0) is 10.5. The molecule has 2 rings (SSSR count). The number of oxime groups is 1. The Morgan fingerprint density at radius 2 is 2.33 bits per heavy atom. The Hall–Kier alpha value is -1.68. The van der Waals surface area contributed by atoms with Gasteiger partial charge in [-0.25, -0.2) is 0 Å². The Balaban J connectivity index is 2.42. The highest BCUT2D eigenvalue weighted by Gasteiger charge is 2.08. The molecule has 0 N–H and O–H groups in total. The lowest BCUT2D eigenvalue weighted by Gasteiger charge is -2.01. The van der Waals surface area contributed by atoms with Gasteiger partial charge in [-0.05, 0) is 23.6 Å². The number of thiophene rings is 1. The van der Waals surface area contributed by atoms with Gasteiger partial charge in [0, 0.05) is 18.0 Å². The third-order valence-corrected chi connectivity index (χ3v) is 2.75. The Bertz CT molecular complexity index is 437. The van der Waals surface area contributed by atoms with E-state index in [1.54, 1.807) is 30.8 Å². The maximum absolute atomic E-state index is 4.85. The second-order valence-electron chi connectivity index (χ2n) is 2.84. The van der Waals surface area contributed by atoms with E-state index in [-0.39, 0.29) is 0 Å². The van der Waals surface area contributed by atoms with Gasteiger partial charge in [0.1, 0.15) is 12.8 Å². The molecular formula is C11H10N2OS. The van der Waals surface area contributed by atoms with Crippen molar-refractivity contribution >= 4 is 17.0 Å². The van der Waals surface area contributed by atoms with E-state index in [0.29, 0.717) is 0 Å². The zero-order valence-corrected chi connectivity index (χ0v) is 9.07. The van der Waals surface area contributed by atoms with Crippen LogP contribution in [-0.2, 0) is 4.84 Å². The van der Waals surface area contributed by atoms with Crippen LogP contribution in [0, 0.1) is 0 Å². The average Bonchev–Trinajstić information content (AvgIpc) is 2.80. The molecule has 2 heterocycles. The van der Waals surface area contributed by atoms with Crippen molar-refractivity contribution in [1.29, 1.82) is 0 Å². The maximum Gasteiger partial charge on any atom is 0.128 e. The van der Waals surface area contributed by atoms with E-state index in [0.717, 1.165) is 16.2 Å². The second kappa shape index (κ2) is 4.70. The fraction of sp³-hybridized carbons (Fsp3) is 0.0909. The van der Waals surface area contributed by atoms with Crippen LogP contribution >= 0.6 is 11.3 Å². The predicted molar refractivity (Wildman–Crippen MR) is 61.2 cm³/mol. The Kier molecular flexibility index (Phi) is 3.09. The maximum atomic E-state index is 4.85. The summed E-state index contributed by atoms with van der Waals surface area (Å²) in [5.74, 6) is 0. The van der Waals surface area contributed by atoms with E-state index in [1.165, 1.54) is 0 Å². The molecule has 0 spiro atoms. The van der Waals surface area contributed by atoms with E-state index in [1.807, 2.05) is 29.6 Å². The zero-order valence-electron chi connectivity index (χ0n) is 8.25. The topological polar surface area (TPSA) is 34.5 Å². The standard InChI is InChI=1S/C11H10N2OS/c1-14-13-11(10-5-3-7-15-10)9-4-2-6-12-8-9/h2-8H,1H3. The molecule has 0 saturated heterocycles. The number of hydrogen-bond acceptors (Lipinski definition) is 4. The van der Waals surface area contributed by atoms with Crippen molar-refractivity contribution in [2.24, 2.45) is 5.16 Å². The van der Waals surface area contributed by atoms with Crippen molar-refractivity contribution in [2.75, 3.05) is 7.11 Å². The van der Waals surface area contributed by atoms with E-state index in [2.05, 4.69) is 10.1 Å². The molecule has 4 heteroatoms. The Morgan fingerprint density at radius 1 is 1.40 bits per heavy atom. The van der Waals surface area contributed by atoms with Crippen LogP contribution in [0.2, 0.25) is 0 Å². The molecule has 0 atom stereocenters. The molecule has 0 aliphatic carbocycles. The van der Waals surface area contributed by atoms with Crippen molar-refractivity contribution in [1.82, 2.24) is 4.98 Å². The van der Waals surface area contributed by atoms with E-state index < -0.39 is 0 Å². The predicted octanol–water partition coefficient (Wildman–Crippen LogP) is 2.54. The average molecular weight is 218 g/mol. The highest BCUT2D eigenvalue weighted by Crippen LogP contribution is 2.15. The first-order valence-electron chi connectivity index (χ1n) is 4.47. The molecule has 0 unspecified atom stereocenters. The second-order valence-corrected chi connectivity index (χ2v) is 3.79. The lowest BCUT2D eigenvalue weighted by atomic mass is 10.1. The van der Waals surface area contributed by atoms with Gasteiger partial charge in [-0.1, -0.05) is 11.2 Å². The van der Waals surface area contributed by atoms with Gasteiger partial charge in [-0.2, -0.15) is 0 Å². The summed E-state index contributed by atoms with van der Waals surface area (Å²) in [5, 5.41) is 6.03. The fourth-order valence-corrected chi connectivity index (χ4v) is 1.98. The van der Waals surface area contributed by atoms with E-state index in [9.17, 15) is 0 Å². The minimum Gasteiger partial charge on any atom is -0.399 e. The molecule has 2 aromatic heterocycles. The molecule has 2 aromatic rings. The minimum atomic E-state index is 0.820. The number of pyridine rings is 1. The smallest absolute Gasteiger partial charge is 0.128 e. The Morgan fingerprint density at radius 3 is 2.93 bits per heavy atom. The number of aromatic nitrogens is 1. The number of rotatable bonds is 3. The van der Waals surface area contributed by atoms with Gasteiger partial charge in [0.05, 0.1) is 4.88 Å². The molecule has 0 bridgehead atoms. The van der Waals surface area contributed by atoms with Crippen molar-refractivity contribution < 1.29 is 4.84 Å².